The summed E-state index contributed by atoms with van der Waals surface area (Å²) in [7, 11) is 0. The zero-order valence-corrected chi connectivity index (χ0v) is 15.8. The number of nitrogens with zero attached hydrogens (tertiary/aromatic N) is 6. The number of carbonyl (C=O) groups is 1. The quantitative estimate of drug-likeness (QED) is 0.781. The van der Waals surface area contributed by atoms with Crippen molar-refractivity contribution in [3.63, 3.8) is 0 Å². The molecule has 0 atom stereocenters. The van der Waals surface area contributed by atoms with Crippen molar-refractivity contribution >= 4 is 11.7 Å². The van der Waals surface area contributed by atoms with Crippen LogP contribution in [0.15, 0.2) is 12.7 Å². The van der Waals surface area contributed by atoms with Crippen LogP contribution in [-0.4, -0.2) is 70.1 Å². The number of carbonyl (C=O) groups excluding carboxylic acids is 1. The van der Waals surface area contributed by atoms with Gasteiger partial charge in [0.05, 0.1) is 18.9 Å². The molecule has 2 aromatic heterocycles. The number of rotatable bonds is 2. The first kappa shape index (κ1) is 17.8. The highest BCUT2D eigenvalue weighted by molar-refractivity contribution is 5.93. The second-order valence-corrected chi connectivity index (χ2v) is 6.95. The average molecular weight is 368 g/mol. The maximum Gasteiger partial charge on any atom is 0.272 e. The number of hydrogen-bond acceptors (Lipinski definition) is 7. The molecule has 8 nitrogen and oxygen atoms in total. The van der Waals surface area contributed by atoms with Crippen molar-refractivity contribution in [2.45, 2.75) is 26.7 Å². The fraction of sp³-hybridized carbons (Fsp3) is 0.526. The van der Waals surface area contributed by atoms with Crippen molar-refractivity contribution in [2.75, 3.05) is 44.3 Å². The number of aryl methyl sites for hydroxylation is 1. The topological polar surface area (TPSA) is 84.3 Å². The molecule has 0 radical (unpaired) electrons. The zero-order valence-electron chi connectivity index (χ0n) is 15.8. The lowest BCUT2D eigenvalue weighted by Crippen LogP contribution is -2.37. The van der Waals surface area contributed by atoms with Crippen LogP contribution in [0, 0.1) is 13.8 Å². The lowest BCUT2D eigenvalue weighted by atomic mass is 10.1. The first-order chi connectivity index (χ1) is 13.1. The van der Waals surface area contributed by atoms with Gasteiger partial charge in [-0.3, -0.25) is 4.79 Å². The van der Waals surface area contributed by atoms with Gasteiger partial charge in [-0.2, -0.15) is 0 Å². The van der Waals surface area contributed by atoms with Crippen LogP contribution < -0.4 is 4.90 Å². The lowest BCUT2D eigenvalue weighted by Gasteiger charge is -2.29. The monoisotopic (exact) mass is 368 g/mol. The third-order valence-corrected chi connectivity index (χ3v) is 5.40. The van der Waals surface area contributed by atoms with Gasteiger partial charge in [0.25, 0.3) is 5.91 Å². The molecule has 1 saturated heterocycles. The molecular formula is C19H24N6O2. The minimum atomic E-state index is -0.0355. The van der Waals surface area contributed by atoms with E-state index < -0.39 is 0 Å². The van der Waals surface area contributed by atoms with Crippen LogP contribution in [0.25, 0.3) is 0 Å². The van der Waals surface area contributed by atoms with Gasteiger partial charge >= 0.3 is 0 Å². The number of fused-ring (bicyclic) bond motifs is 1. The predicted molar refractivity (Wildman–Crippen MR) is 99.9 cm³/mol. The summed E-state index contributed by atoms with van der Waals surface area (Å²) in [4.78, 5) is 34.6. The van der Waals surface area contributed by atoms with Gasteiger partial charge < -0.3 is 14.5 Å². The molecule has 1 amide bonds. The van der Waals surface area contributed by atoms with E-state index in [2.05, 4.69) is 24.8 Å². The Balaban J connectivity index is 1.56. The Kier molecular flexibility index (Phi) is 4.98. The molecule has 142 valence electrons. The van der Waals surface area contributed by atoms with Crippen LogP contribution in [0.5, 0.6) is 0 Å². The van der Waals surface area contributed by atoms with Gasteiger partial charge in [0.15, 0.2) is 0 Å². The first-order valence-electron chi connectivity index (χ1n) is 9.38. The maximum absolute atomic E-state index is 13.0. The standard InChI is InChI=1S/C19H24N6O2/c1-13-14(2)20-11-22-17(13)19(26)25-5-3-15-16(4-6-25)21-12-23-18(15)24-7-9-27-10-8-24/h11-12H,3-10H2,1-2H3. The number of ether oxygens (including phenoxy) is 1. The van der Waals surface area contributed by atoms with Crippen molar-refractivity contribution in [1.29, 1.82) is 0 Å². The van der Waals surface area contributed by atoms with Crippen molar-refractivity contribution < 1.29 is 9.53 Å². The Bertz CT molecular complexity index is 850. The van der Waals surface area contributed by atoms with Gasteiger partial charge in [0, 0.05) is 49.4 Å². The number of amides is 1. The van der Waals surface area contributed by atoms with E-state index in [0.29, 0.717) is 18.8 Å². The first-order valence-corrected chi connectivity index (χ1v) is 9.38. The van der Waals surface area contributed by atoms with Crippen molar-refractivity contribution in [1.82, 2.24) is 24.8 Å². The molecule has 27 heavy (non-hydrogen) atoms. The molecule has 2 aliphatic rings. The Morgan fingerprint density at radius 2 is 1.70 bits per heavy atom. The van der Waals surface area contributed by atoms with Crippen LogP contribution in [-0.2, 0) is 17.6 Å². The van der Waals surface area contributed by atoms with Crippen molar-refractivity contribution in [2.24, 2.45) is 0 Å². The molecule has 0 aromatic carbocycles. The van der Waals surface area contributed by atoms with Crippen LogP contribution in [0.2, 0.25) is 0 Å². The molecule has 0 bridgehead atoms. The Morgan fingerprint density at radius 1 is 0.963 bits per heavy atom. The van der Waals surface area contributed by atoms with Crippen LogP contribution in [0.3, 0.4) is 0 Å². The van der Waals surface area contributed by atoms with E-state index in [1.165, 1.54) is 6.33 Å². The van der Waals surface area contributed by atoms with Gasteiger partial charge in [-0.25, -0.2) is 19.9 Å². The number of hydrogen-bond donors (Lipinski definition) is 0. The van der Waals surface area contributed by atoms with Crippen molar-refractivity contribution in [3.8, 4) is 0 Å². The number of anilines is 1. The summed E-state index contributed by atoms with van der Waals surface area (Å²) in [5, 5.41) is 0. The summed E-state index contributed by atoms with van der Waals surface area (Å²) in [6.07, 6.45) is 4.57. The third-order valence-electron chi connectivity index (χ3n) is 5.40. The summed E-state index contributed by atoms with van der Waals surface area (Å²) in [6, 6.07) is 0. The second-order valence-electron chi connectivity index (χ2n) is 6.95. The van der Waals surface area contributed by atoms with E-state index >= 15 is 0 Å². The molecule has 4 heterocycles. The van der Waals surface area contributed by atoms with Crippen LogP contribution in [0.4, 0.5) is 5.82 Å². The minimum Gasteiger partial charge on any atom is -0.378 e. The SMILES string of the molecule is Cc1ncnc(C(=O)N2CCc3ncnc(N4CCOCC4)c3CC2)c1C. The zero-order chi connectivity index (χ0) is 18.8. The van der Waals surface area contributed by atoms with Gasteiger partial charge in [0.2, 0.25) is 0 Å². The summed E-state index contributed by atoms with van der Waals surface area (Å²) in [5.74, 6) is 0.957. The third kappa shape index (κ3) is 3.49. The van der Waals surface area contributed by atoms with Gasteiger partial charge in [-0.15, -0.1) is 0 Å². The lowest BCUT2D eigenvalue weighted by molar-refractivity contribution is 0.0756. The Hall–Kier alpha value is -2.61. The highest BCUT2D eigenvalue weighted by Crippen LogP contribution is 2.25. The summed E-state index contributed by atoms with van der Waals surface area (Å²) < 4.78 is 5.46. The smallest absolute Gasteiger partial charge is 0.272 e. The summed E-state index contributed by atoms with van der Waals surface area (Å²) >= 11 is 0. The largest absolute Gasteiger partial charge is 0.378 e. The molecule has 0 N–H and O–H groups in total. The van der Waals surface area contributed by atoms with E-state index in [-0.39, 0.29) is 5.91 Å². The normalized spacial score (nSPS) is 17.4. The number of aromatic nitrogens is 4. The highest BCUT2D eigenvalue weighted by Gasteiger charge is 2.26. The minimum absolute atomic E-state index is 0.0355. The fourth-order valence-corrected chi connectivity index (χ4v) is 3.66. The Morgan fingerprint density at radius 3 is 2.52 bits per heavy atom. The Labute approximate surface area is 158 Å². The van der Waals surface area contributed by atoms with Gasteiger partial charge in [-0.05, 0) is 20.3 Å². The van der Waals surface area contributed by atoms with Crippen LogP contribution >= 0.6 is 0 Å². The van der Waals surface area contributed by atoms with E-state index in [1.54, 1.807) is 6.33 Å². The molecule has 2 aliphatic heterocycles. The average Bonchev–Trinajstić information content (AvgIpc) is 2.93. The van der Waals surface area contributed by atoms with Crippen molar-refractivity contribution in [3.05, 3.63) is 40.9 Å². The second kappa shape index (κ2) is 7.56. The molecule has 0 saturated carbocycles. The molecular weight excluding hydrogens is 344 g/mol. The highest BCUT2D eigenvalue weighted by atomic mass is 16.5. The maximum atomic E-state index is 13.0. The van der Waals surface area contributed by atoms with E-state index in [9.17, 15) is 4.79 Å². The number of morpholine rings is 1. The molecule has 1 fully saturated rings. The van der Waals surface area contributed by atoms with E-state index in [0.717, 1.165) is 67.5 Å². The van der Waals surface area contributed by atoms with Gasteiger partial charge in [-0.1, -0.05) is 0 Å². The van der Waals surface area contributed by atoms with E-state index in [1.807, 2.05) is 18.7 Å². The van der Waals surface area contributed by atoms with Gasteiger partial charge in [0.1, 0.15) is 24.2 Å². The van der Waals surface area contributed by atoms with Crippen LogP contribution in [0.1, 0.15) is 33.0 Å². The molecule has 8 heteroatoms. The van der Waals surface area contributed by atoms with E-state index in [4.69, 9.17) is 4.74 Å². The predicted octanol–water partition coefficient (Wildman–Crippen LogP) is 0.961. The summed E-state index contributed by atoms with van der Waals surface area (Å²) in [6.45, 7) is 8.18. The summed E-state index contributed by atoms with van der Waals surface area (Å²) in [5.41, 5.74) is 4.38. The molecule has 2 aromatic rings. The molecule has 0 unspecified atom stereocenters. The molecule has 0 spiro atoms. The molecule has 0 aliphatic carbocycles. The fourth-order valence-electron chi connectivity index (χ4n) is 3.66. The molecule has 4 rings (SSSR count).